The summed E-state index contributed by atoms with van der Waals surface area (Å²) in [6, 6.07) is 5.39. The Labute approximate surface area is 79.5 Å². The Hall–Kier alpha value is -1.75. The summed E-state index contributed by atoms with van der Waals surface area (Å²) in [5.74, 6) is 0.0886. The smallest absolute Gasteiger partial charge is 0.213 e. The van der Waals surface area contributed by atoms with E-state index in [2.05, 4.69) is 14.7 Å². The normalized spacial score (nSPS) is 12.7. The second-order valence-corrected chi connectivity index (χ2v) is 2.82. The molecule has 2 aromatic rings. The minimum absolute atomic E-state index is 0.297. The predicted octanol–water partition coefficient (Wildman–Crippen LogP) is 1.26. The summed E-state index contributed by atoms with van der Waals surface area (Å²) in [5.41, 5.74) is 6.55. The number of hydrogen-bond donors (Lipinski definition) is 1. The maximum absolute atomic E-state index is 12.6. The van der Waals surface area contributed by atoms with Gasteiger partial charge in [0.2, 0.25) is 6.39 Å². The average molecular weight is 193 g/mol. The molecule has 0 fully saturated rings. The van der Waals surface area contributed by atoms with E-state index in [1.54, 1.807) is 12.1 Å². The van der Waals surface area contributed by atoms with Crippen LogP contribution in [0.3, 0.4) is 0 Å². The Bertz CT molecular complexity index is 399. The molecule has 1 aromatic carbocycles. The highest BCUT2D eigenvalue weighted by atomic mass is 19.1. The molecule has 0 aliphatic rings. The molecule has 0 radical (unpaired) electrons. The van der Waals surface area contributed by atoms with Gasteiger partial charge in [0.15, 0.2) is 5.82 Å². The molecule has 2 rings (SSSR count). The van der Waals surface area contributed by atoms with Crippen LogP contribution in [0.5, 0.6) is 0 Å². The van der Waals surface area contributed by atoms with Crippen molar-refractivity contribution >= 4 is 0 Å². The molecular weight excluding hydrogens is 185 g/mol. The van der Waals surface area contributed by atoms with Crippen LogP contribution in [0.15, 0.2) is 35.2 Å². The van der Waals surface area contributed by atoms with Crippen LogP contribution in [0.4, 0.5) is 4.39 Å². The van der Waals surface area contributed by atoms with E-state index in [1.807, 2.05) is 0 Å². The van der Waals surface area contributed by atoms with Gasteiger partial charge in [0.25, 0.3) is 0 Å². The number of nitrogens with zero attached hydrogens (tertiary/aromatic N) is 2. The van der Waals surface area contributed by atoms with Gasteiger partial charge in [0.05, 0.1) is 6.04 Å². The van der Waals surface area contributed by atoms with Gasteiger partial charge in [0, 0.05) is 0 Å². The van der Waals surface area contributed by atoms with E-state index < -0.39 is 6.04 Å². The van der Waals surface area contributed by atoms with Crippen LogP contribution < -0.4 is 5.73 Å². The van der Waals surface area contributed by atoms with Gasteiger partial charge < -0.3 is 10.3 Å². The fraction of sp³-hybridized carbons (Fsp3) is 0.111. The van der Waals surface area contributed by atoms with Gasteiger partial charge >= 0.3 is 0 Å². The summed E-state index contributed by atoms with van der Waals surface area (Å²) in [6.07, 6.45) is 1.21. The third-order valence-corrected chi connectivity index (χ3v) is 1.89. The Morgan fingerprint density at radius 1 is 1.29 bits per heavy atom. The third-order valence-electron chi connectivity index (χ3n) is 1.89. The fourth-order valence-electron chi connectivity index (χ4n) is 1.13. The van der Waals surface area contributed by atoms with Crippen LogP contribution >= 0.6 is 0 Å². The van der Waals surface area contributed by atoms with Crippen molar-refractivity contribution in [2.45, 2.75) is 6.04 Å². The molecule has 1 aromatic heterocycles. The monoisotopic (exact) mass is 193 g/mol. The number of benzene rings is 1. The lowest BCUT2D eigenvalue weighted by Gasteiger charge is -2.06. The van der Waals surface area contributed by atoms with Crippen LogP contribution in [0, 0.1) is 5.82 Å². The summed E-state index contributed by atoms with van der Waals surface area (Å²) >= 11 is 0. The molecule has 1 unspecified atom stereocenters. The van der Waals surface area contributed by atoms with Crippen molar-refractivity contribution in [1.82, 2.24) is 10.1 Å². The molecule has 0 saturated heterocycles. The van der Waals surface area contributed by atoms with Crippen molar-refractivity contribution < 1.29 is 8.91 Å². The van der Waals surface area contributed by atoms with Gasteiger partial charge in [-0.3, -0.25) is 0 Å². The van der Waals surface area contributed by atoms with E-state index >= 15 is 0 Å². The lowest BCUT2D eigenvalue weighted by molar-refractivity contribution is 0.407. The molecule has 1 heterocycles. The maximum atomic E-state index is 12.6. The molecule has 2 N–H and O–H groups in total. The molecule has 1 atom stereocenters. The molecule has 14 heavy (non-hydrogen) atoms. The summed E-state index contributed by atoms with van der Waals surface area (Å²) < 4.78 is 17.2. The number of aromatic nitrogens is 2. The maximum Gasteiger partial charge on any atom is 0.213 e. The zero-order valence-corrected chi connectivity index (χ0v) is 7.22. The highest BCUT2D eigenvalue weighted by Crippen LogP contribution is 2.15. The van der Waals surface area contributed by atoms with Gasteiger partial charge in [-0.05, 0) is 17.7 Å². The van der Waals surface area contributed by atoms with E-state index in [0.29, 0.717) is 5.82 Å². The highest BCUT2D eigenvalue weighted by Gasteiger charge is 2.12. The second kappa shape index (κ2) is 3.55. The van der Waals surface area contributed by atoms with Gasteiger partial charge in [-0.2, -0.15) is 4.98 Å². The summed E-state index contributed by atoms with van der Waals surface area (Å²) in [5, 5.41) is 3.61. The first-order chi connectivity index (χ1) is 6.77. The lowest BCUT2D eigenvalue weighted by atomic mass is 10.1. The lowest BCUT2D eigenvalue weighted by Crippen LogP contribution is -2.13. The van der Waals surface area contributed by atoms with Crippen molar-refractivity contribution in [3.63, 3.8) is 0 Å². The van der Waals surface area contributed by atoms with Gasteiger partial charge in [-0.15, -0.1) is 0 Å². The molecule has 0 spiro atoms. The molecule has 0 aliphatic heterocycles. The largest absolute Gasteiger partial charge is 0.343 e. The summed E-state index contributed by atoms with van der Waals surface area (Å²) in [7, 11) is 0. The molecule has 5 heteroatoms. The standard InChI is InChI=1S/C9H8FN3O/c10-7-3-1-6(2-4-7)8(11)9-12-5-14-13-9/h1-5,8H,11H2. The molecule has 72 valence electrons. The minimum atomic E-state index is -0.477. The van der Waals surface area contributed by atoms with Crippen molar-refractivity contribution in [1.29, 1.82) is 0 Å². The van der Waals surface area contributed by atoms with E-state index in [0.717, 1.165) is 5.56 Å². The van der Waals surface area contributed by atoms with Crippen molar-refractivity contribution in [2.24, 2.45) is 5.73 Å². The number of rotatable bonds is 2. The van der Waals surface area contributed by atoms with E-state index in [4.69, 9.17) is 5.73 Å². The second-order valence-electron chi connectivity index (χ2n) is 2.82. The first-order valence-electron chi connectivity index (χ1n) is 4.04. The quantitative estimate of drug-likeness (QED) is 0.779. The molecule has 0 saturated carbocycles. The van der Waals surface area contributed by atoms with Crippen LogP contribution in [0.1, 0.15) is 17.4 Å². The van der Waals surface area contributed by atoms with Gasteiger partial charge in [-0.1, -0.05) is 17.3 Å². The van der Waals surface area contributed by atoms with E-state index in [9.17, 15) is 4.39 Å². The van der Waals surface area contributed by atoms with Crippen LogP contribution in [-0.2, 0) is 0 Å². The van der Waals surface area contributed by atoms with Crippen molar-refractivity contribution in [2.75, 3.05) is 0 Å². The van der Waals surface area contributed by atoms with Crippen molar-refractivity contribution in [3.05, 3.63) is 47.9 Å². The topological polar surface area (TPSA) is 64.9 Å². The molecule has 0 amide bonds. The Kier molecular flexibility index (Phi) is 2.24. The Morgan fingerprint density at radius 2 is 2.00 bits per heavy atom. The zero-order chi connectivity index (χ0) is 9.97. The molecule has 0 bridgehead atoms. The first kappa shape index (κ1) is 8.83. The minimum Gasteiger partial charge on any atom is -0.343 e. The fourth-order valence-corrected chi connectivity index (χ4v) is 1.13. The van der Waals surface area contributed by atoms with E-state index in [-0.39, 0.29) is 5.82 Å². The highest BCUT2D eigenvalue weighted by molar-refractivity contribution is 5.23. The Balaban J connectivity index is 2.28. The summed E-state index contributed by atoms with van der Waals surface area (Å²) in [4.78, 5) is 3.82. The molecular formula is C9H8FN3O. The van der Waals surface area contributed by atoms with Crippen LogP contribution in [-0.4, -0.2) is 10.1 Å². The first-order valence-corrected chi connectivity index (χ1v) is 4.04. The Morgan fingerprint density at radius 3 is 2.57 bits per heavy atom. The van der Waals surface area contributed by atoms with Gasteiger partial charge in [0.1, 0.15) is 5.82 Å². The molecule has 0 aliphatic carbocycles. The number of hydrogen-bond acceptors (Lipinski definition) is 4. The summed E-state index contributed by atoms with van der Waals surface area (Å²) in [6.45, 7) is 0. The van der Waals surface area contributed by atoms with E-state index in [1.165, 1.54) is 18.5 Å². The zero-order valence-electron chi connectivity index (χ0n) is 7.22. The average Bonchev–Trinajstić information content (AvgIpc) is 2.71. The van der Waals surface area contributed by atoms with Gasteiger partial charge in [-0.25, -0.2) is 4.39 Å². The van der Waals surface area contributed by atoms with Crippen molar-refractivity contribution in [3.8, 4) is 0 Å². The third kappa shape index (κ3) is 1.62. The molecule has 4 nitrogen and oxygen atoms in total. The number of halogens is 1. The SMILES string of the molecule is NC(c1ccc(F)cc1)c1ncon1. The number of nitrogens with two attached hydrogens (primary N) is 1. The predicted molar refractivity (Wildman–Crippen MR) is 46.7 cm³/mol. The van der Waals surface area contributed by atoms with Crippen LogP contribution in [0.2, 0.25) is 0 Å². The van der Waals surface area contributed by atoms with Crippen LogP contribution in [0.25, 0.3) is 0 Å².